The van der Waals surface area contributed by atoms with E-state index in [1.807, 2.05) is 18.2 Å². The molecule has 0 radical (unpaired) electrons. The third-order valence-corrected chi connectivity index (χ3v) is 4.44. The van der Waals surface area contributed by atoms with Crippen molar-refractivity contribution >= 4 is 38.3 Å². The zero-order valence-electron chi connectivity index (χ0n) is 9.20. The molecular formula is C12H12ClFN2S. The Morgan fingerprint density at radius 1 is 1.35 bits per heavy atom. The number of piperidine rings is 1. The maximum absolute atomic E-state index is 13.1. The fourth-order valence-corrected chi connectivity index (χ4v) is 3.39. The molecule has 0 unspecified atom stereocenters. The first kappa shape index (κ1) is 11.2. The van der Waals surface area contributed by atoms with Gasteiger partial charge in [-0.1, -0.05) is 29.0 Å². The summed E-state index contributed by atoms with van der Waals surface area (Å²) in [6.07, 6.45) is 0.553. The van der Waals surface area contributed by atoms with Crippen LogP contribution in [0.2, 0.25) is 5.02 Å². The van der Waals surface area contributed by atoms with Gasteiger partial charge in [-0.25, -0.2) is 9.37 Å². The maximum Gasteiger partial charge on any atom is 0.186 e. The second kappa shape index (κ2) is 4.42. The van der Waals surface area contributed by atoms with Gasteiger partial charge < -0.3 is 4.90 Å². The third-order valence-electron chi connectivity index (χ3n) is 3.05. The van der Waals surface area contributed by atoms with Gasteiger partial charge in [-0.3, -0.25) is 0 Å². The Labute approximate surface area is 108 Å². The number of hydrogen-bond acceptors (Lipinski definition) is 3. The van der Waals surface area contributed by atoms with E-state index in [-0.39, 0.29) is 0 Å². The average molecular weight is 271 g/mol. The van der Waals surface area contributed by atoms with Crippen molar-refractivity contribution in [1.82, 2.24) is 4.98 Å². The number of thiazole rings is 1. The predicted octanol–water partition coefficient (Wildman–Crippen LogP) is 3.89. The SMILES string of the molecule is FC1CCN(c2nc3c(Cl)cccc3s2)CC1. The Bertz CT molecular complexity index is 534. The normalized spacial score (nSPS) is 17.9. The molecule has 1 aliphatic heterocycles. The van der Waals surface area contributed by atoms with E-state index in [2.05, 4.69) is 9.88 Å². The molecular weight excluding hydrogens is 259 g/mol. The topological polar surface area (TPSA) is 16.1 Å². The average Bonchev–Trinajstić information content (AvgIpc) is 2.75. The molecule has 3 rings (SSSR count). The van der Waals surface area contributed by atoms with Crippen LogP contribution in [0.15, 0.2) is 18.2 Å². The number of alkyl halides is 1. The first-order valence-electron chi connectivity index (χ1n) is 5.68. The van der Waals surface area contributed by atoms with Crippen molar-refractivity contribution < 1.29 is 4.39 Å². The van der Waals surface area contributed by atoms with Crippen LogP contribution in [-0.4, -0.2) is 24.2 Å². The molecule has 5 heteroatoms. The molecule has 0 atom stereocenters. The largest absolute Gasteiger partial charge is 0.348 e. The molecule has 17 heavy (non-hydrogen) atoms. The zero-order chi connectivity index (χ0) is 11.8. The number of hydrogen-bond donors (Lipinski definition) is 0. The molecule has 2 aromatic rings. The quantitative estimate of drug-likeness (QED) is 0.782. The summed E-state index contributed by atoms with van der Waals surface area (Å²) in [5.74, 6) is 0. The van der Waals surface area contributed by atoms with E-state index in [1.54, 1.807) is 11.3 Å². The molecule has 2 nitrogen and oxygen atoms in total. The molecule has 0 spiro atoms. The Kier molecular flexibility index (Phi) is 2.92. The molecule has 1 aromatic heterocycles. The van der Waals surface area contributed by atoms with Crippen LogP contribution >= 0.6 is 22.9 Å². The fraction of sp³-hybridized carbons (Fsp3) is 0.417. The van der Waals surface area contributed by atoms with E-state index in [0.717, 1.165) is 28.4 Å². The van der Waals surface area contributed by atoms with Crippen molar-refractivity contribution in [2.24, 2.45) is 0 Å². The van der Waals surface area contributed by atoms with Crippen LogP contribution < -0.4 is 4.90 Å². The van der Waals surface area contributed by atoms with Gasteiger partial charge in [0.05, 0.1) is 9.72 Å². The smallest absolute Gasteiger partial charge is 0.186 e. The number of fused-ring (bicyclic) bond motifs is 1. The monoisotopic (exact) mass is 270 g/mol. The van der Waals surface area contributed by atoms with Crippen molar-refractivity contribution in [2.45, 2.75) is 19.0 Å². The minimum Gasteiger partial charge on any atom is -0.348 e. The number of aromatic nitrogens is 1. The number of rotatable bonds is 1. The summed E-state index contributed by atoms with van der Waals surface area (Å²) >= 11 is 7.73. The number of anilines is 1. The van der Waals surface area contributed by atoms with Gasteiger partial charge in [-0.15, -0.1) is 0 Å². The van der Waals surface area contributed by atoms with E-state index in [1.165, 1.54) is 0 Å². The molecule has 0 bridgehead atoms. The van der Waals surface area contributed by atoms with Gasteiger partial charge in [0.15, 0.2) is 5.13 Å². The highest BCUT2D eigenvalue weighted by atomic mass is 35.5. The van der Waals surface area contributed by atoms with Gasteiger partial charge in [0.2, 0.25) is 0 Å². The Morgan fingerprint density at radius 3 is 2.82 bits per heavy atom. The number of halogens is 2. The molecule has 90 valence electrons. The van der Waals surface area contributed by atoms with Gasteiger partial charge in [0.1, 0.15) is 11.7 Å². The van der Waals surface area contributed by atoms with E-state index in [4.69, 9.17) is 11.6 Å². The summed E-state index contributed by atoms with van der Waals surface area (Å²) in [7, 11) is 0. The van der Waals surface area contributed by atoms with Gasteiger partial charge in [-0.2, -0.15) is 0 Å². The molecule has 1 aromatic carbocycles. The summed E-state index contributed by atoms with van der Waals surface area (Å²) < 4.78 is 14.2. The summed E-state index contributed by atoms with van der Waals surface area (Å²) in [6.45, 7) is 1.50. The van der Waals surface area contributed by atoms with Crippen molar-refractivity contribution in [2.75, 3.05) is 18.0 Å². The van der Waals surface area contributed by atoms with Crippen LogP contribution in [0.1, 0.15) is 12.8 Å². The Balaban J connectivity index is 1.93. The van der Waals surface area contributed by atoms with Crippen LogP contribution in [0, 0.1) is 0 Å². The van der Waals surface area contributed by atoms with Crippen molar-refractivity contribution in [1.29, 1.82) is 0 Å². The van der Waals surface area contributed by atoms with Crippen LogP contribution in [0.3, 0.4) is 0 Å². The van der Waals surface area contributed by atoms with Crippen molar-refractivity contribution in [3.05, 3.63) is 23.2 Å². The lowest BCUT2D eigenvalue weighted by atomic mass is 10.1. The Morgan fingerprint density at radius 2 is 2.12 bits per heavy atom. The predicted molar refractivity (Wildman–Crippen MR) is 71.0 cm³/mol. The fourth-order valence-electron chi connectivity index (χ4n) is 2.08. The molecule has 0 aliphatic carbocycles. The molecule has 0 N–H and O–H groups in total. The highest BCUT2D eigenvalue weighted by molar-refractivity contribution is 7.22. The summed E-state index contributed by atoms with van der Waals surface area (Å²) in [5.41, 5.74) is 0.858. The number of nitrogens with zero attached hydrogens (tertiary/aromatic N) is 2. The lowest BCUT2D eigenvalue weighted by molar-refractivity contribution is 0.277. The first-order valence-corrected chi connectivity index (χ1v) is 6.87. The summed E-state index contributed by atoms with van der Waals surface area (Å²) in [6, 6.07) is 5.80. The van der Waals surface area contributed by atoms with Gasteiger partial charge in [0.25, 0.3) is 0 Å². The number of para-hydroxylation sites is 1. The van der Waals surface area contributed by atoms with Crippen molar-refractivity contribution in [3.8, 4) is 0 Å². The summed E-state index contributed by atoms with van der Waals surface area (Å²) in [5, 5.41) is 1.64. The highest BCUT2D eigenvalue weighted by Crippen LogP contribution is 2.33. The minimum absolute atomic E-state index is 0.601. The van der Waals surface area contributed by atoms with E-state index < -0.39 is 6.17 Å². The first-order chi connectivity index (χ1) is 8.24. The van der Waals surface area contributed by atoms with Crippen molar-refractivity contribution in [3.63, 3.8) is 0 Å². The number of benzene rings is 1. The molecule has 1 fully saturated rings. The van der Waals surface area contributed by atoms with Gasteiger partial charge >= 0.3 is 0 Å². The highest BCUT2D eigenvalue weighted by Gasteiger charge is 2.21. The Hall–Kier alpha value is -0.870. The minimum atomic E-state index is -0.649. The molecule has 0 amide bonds. The molecule has 1 saturated heterocycles. The lowest BCUT2D eigenvalue weighted by Gasteiger charge is -2.27. The standard InChI is InChI=1S/C12H12ClFN2S/c13-9-2-1-3-10-11(9)15-12(17-10)16-6-4-8(14)5-7-16/h1-3,8H,4-7H2. The van der Waals surface area contributed by atoms with Crippen LogP contribution in [0.4, 0.5) is 9.52 Å². The van der Waals surface area contributed by atoms with E-state index >= 15 is 0 Å². The van der Waals surface area contributed by atoms with E-state index in [0.29, 0.717) is 17.9 Å². The van der Waals surface area contributed by atoms with Gasteiger partial charge in [0, 0.05) is 13.1 Å². The van der Waals surface area contributed by atoms with Crippen LogP contribution in [0.5, 0.6) is 0 Å². The van der Waals surface area contributed by atoms with E-state index in [9.17, 15) is 4.39 Å². The lowest BCUT2D eigenvalue weighted by Crippen LogP contribution is -2.34. The second-order valence-electron chi connectivity index (χ2n) is 4.24. The second-order valence-corrected chi connectivity index (χ2v) is 5.66. The molecule has 0 saturated carbocycles. The zero-order valence-corrected chi connectivity index (χ0v) is 10.8. The molecule has 2 heterocycles. The summed E-state index contributed by atoms with van der Waals surface area (Å²) in [4.78, 5) is 6.70. The maximum atomic E-state index is 13.1. The van der Waals surface area contributed by atoms with Gasteiger partial charge in [-0.05, 0) is 25.0 Å². The molecule has 1 aliphatic rings. The van der Waals surface area contributed by atoms with Crippen LogP contribution in [0.25, 0.3) is 10.2 Å². The van der Waals surface area contributed by atoms with Crippen LogP contribution in [-0.2, 0) is 0 Å². The third kappa shape index (κ3) is 2.11.